The van der Waals surface area contributed by atoms with Crippen LogP contribution in [0.4, 0.5) is 0 Å². The van der Waals surface area contributed by atoms with Crippen molar-refractivity contribution in [3.05, 3.63) is 29.8 Å². The van der Waals surface area contributed by atoms with E-state index in [1.807, 2.05) is 25.2 Å². The third kappa shape index (κ3) is 8.12. The molecule has 0 aromatic heterocycles. The molecule has 1 aliphatic heterocycles. The fraction of sp³-hybridized carbons (Fsp3) is 0.650. The van der Waals surface area contributed by atoms with E-state index in [1.165, 1.54) is 50.8 Å². The summed E-state index contributed by atoms with van der Waals surface area (Å²) in [5, 5.41) is 6.76. The maximum absolute atomic E-state index is 5.26. The van der Waals surface area contributed by atoms with Gasteiger partial charge in [-0.1, -0.05) is 18.6 Å². The Balaban J connectivity index is 0.00000338. The van der Waals surface area contributed by atoms with Gasteiger partial charge in [-0.15, -0.1) is 24.0 Å². The third-order valence-electron chi connectivity index (χ3n) is 4.92. The average molecular weight is 474 g/mol. The van der Waals surface area contributed by atoms with E-state index in [-0.39, 0.29) is 24.0 Å². The molecule has 0 bridgehead atoms. The van der Waals surface area contributed by atoms with Crippen molar-refractivity contribution in [2.75, 3.05) is 33.8 Å². The molecule has 6 heteroatoms. The predicted octanol–water partition coefficient (Wildman–Crippen LogP) is 3.63. The summed E-state index contributed by atoms with van der Waals surface area (Å²) in [6.45, 7) is 6.56. The summed E-state index contributed by atoms with van der Waals surface area (Å²) in [5.41, 5.74) is 1.18. The van der Waals surface area contributed by atoms with Crippen LogP contribution in [0.5, 0.6) is 5.75 Å². The van der Waals surface area contributed by atoms with Crippen molar-refractivity contribution in [1.29, 1.82) is 0 Å². The second-order valence-corrected chi connectivity index (χ2v) is 6.79. The van der Waals surface area contributed by atoms with E-state index in [2.05, 4.69) is 33.5 Å². The quantitative estimate of drug-likeness (QED) is 0.262. The normalized spacial score (nSPS) is 18.1. The molecule has 0 spiro atoms. The largest absolute Gasteiger partial charge is 0.497 e. The molecule has 148 valence electrons. The molecule has 0 radical (unpaired) electrons. The van der Waals surface area contributed by atoms with Gasteiger partial charge in [0.1, 0.15) is 5.75 Å². The third-order valence-corrected chi connectivity index (χ3v) is 4.92. The fourth-order valence-corrected chi connectivity index (χ4v) is 3.33. The number of likely N-dealkylation sites (tertiary alicyclic amines) is 1. The minimum atomic E-state index is 0. The van der Waals surface area contributed by atoms with Gasteiger partial charge >= 0.3 is 0 Å². The van der Waals surface area contributed by atoms with E-state index in [0.717, 1.165) is 30.8 Å². The molecule has 1 saturated heterocycles. The van der Waals surface area contributed by atoms with Gasteiger partial charge in [0, 0.05) is 26.2 Å². The van der Waals surface area contributed by atoms with Crippen LogP contribution in [0, 0.1) is 0 Å². The lowest BCUT2D eigenvalue weighted by atomic mass is 10.0. The van der Waals surface area contributed by atoms with Crippen LogP contribution in [-0.4, -0.2) is 50.7 Å². The number of hydrogen-bond acceptors (Lipinski definition) is 3. The van der Waals surface area contributed by atoms with Crippen molar-refractivity contribution in [3.63, 3.8) is 0 Å². The molecule has 5 nitrogen and oxygen atoms in total. The lowest BCUT2D eigenvalue weighted by Gasteiger charge is -2.33. The summed E-state index contributed by atoms with van der Waals surface area (Å²) in [6, 6.07) is 8.86. The summed E-state index contributed by atoms with van der Waals surface area (Å²) in [6.07, 6.45) is 6.53. The molecule has 1 heterocycles. The number of hydrogen-bond donors (Lipinski definition) is 2. The Kier molecular flexibility index (Phi) is 11.7. The van der Waals surface area contributed by atoms with E-state index in [4.69, 9.17) is 4.74 Å². The van der Waals surface area contributed by atoms with E-state index in [0.29, 0.717) is 0 Å². The van der Waals surface area contributed by atoms with Crippen molar-refractivity contribution in [1.82, 2.24) is 15.5 Å². The number of unbranched alkanes of at least 4 members (excludes halogenated alkanes) is 1. The number of aliphatic imine (C=N–C) groups is 1. The summed E-state index contributed by atoms with van der Waals surface area (Å²) < 4.78 is 5.26. The highest BCUT2D eigenvalue weighted by Crippen LogP contribution is 2.16. The first-order valence-corrected chi connectivity index (χ1v) is 9.54. The number of piperidine rings is 1. The average Bonchev–Trinajstić information content (AvgIpc) is 2.65. The highest BCUT2D eigenvalue weighted by atomic mass is 127. The molecular formula is C20H35IN4O. The molecule has 0 amide bonds. The summed E-state index contributed by atoms with van der Waals surface area (Å²) in [4.78, 5) is 6.94. The van der Waals surface area contributed by atoms with Gasteiger partial charge in [0.25, 0.3) is 0 Å². The SMILES string of the molecule is CN=C(NCCCCN1CCCCC1C)NCc1cccc(OC)c1.I. The van der Waals surface area contributed by atoms with Gasteiger partial charge in [0.2, 0.25) is 0 Å². The topological polar surface area (TPSA) is 48.9 Å². The Labute approximate surface area is 176 Å². The van der Waals surface area contributed by atoms with Gasteiger partial charge in [-0.25, -0.2) is 0 Å². The number of methoxy groups -OCH3 is 1. The fourth-order valence-electron chi connectivity index (χ4n) is 3.33. The van der Waals surface area contributed by atoms with Crippen molar-refractivity contribution >= 4 is 29.9 Å². The van der Waals surface area contributed by atoms with Crippen molar-refractivity contribution in [2.45, 2.75) is 51.6 Å². The molecule has 1 aromatic rings. The standard InChI is InChI=1S/C20H34N4O.HI/c1-17-9-4-6-13-24(17)14-7-5-12-22-20(21-2)23-16-18-10-8-11-19(15-18)25-3;/h8,10-11,15,17H,4-7,9,12-14,16H2,1-3H3,(H2,21,22,23);1H. The zero-order chi connectivity index (χ0) is 17.9. The lowest BCUT2D eigenvalue weighted by Crippen LogP contribution is -2.39. The Morgan fingerprint density at radius 3 is 2.85 bits per heavy atom. The number of ether oxygens (including phenoxy) is 1. The van der Waals surface area contributed by atoms with Crippen LogP contribution in [0.3, 0.4) is 0 Å². The number of benzene rings is 1. The first-order valence-electron chi connectivity index (χ1n) is 9.54. The first-order chi connectivity index (χ1) is 12.2. The van der Waals surface area contributed by atoms with Gasteiger partial charge in [0.05, 0.1) is 7.11 Å². The molecule has 1 atom stereocenters. The lowest BCUT2D eigenvalue weighted by molar-refractivity contribution is 0.158. The molecular weight excluding hydrogens is 439 g/mol. The van der Waals surface area contributed by atoms with Gasteiger partial charge in [0.15, 0.2) is 5.96 Å². The molecule has 2 rings (SSSR count). The van der Waals surface area contributed by atoms with E-state index in [1.54, 1.807) is 7.11 Å². The van der Waals surface area contributed by atoms with Crippen LogP contribution in [0.25, 0.3) is 0 Å². The Morgan fingerprint density at radius 1 is 1.27 bits per heavy atom. The number of nitrogens with one attached hydrogen (secondary N) is 2. The highest BCUT2D eigenvalue weighted by Gasteiger charge is 2.16. The monoisotopic (exact) mass is 474 g/mol. The maximum atomic E-state index is 5.26. The van der Waals surface area contributed by atoms with E-state index < -0.39 is 0 Å². The molecule has 1 aliphatic rings. The number of rotatable bonds is 8. The summed E-state index contributed by atoms with van der Waals surface area (Å²) in [7, 11) is 3.51. The molecule has 1 fully saturated rings. The van der Waals surface area contributed by atoms with Gasteiger partial charge in [-0.3, -0.25) is 4.99 Å². The number of nitrogens with zero attached hydrogens (tertiary/aromatic N) is 2. The molecule has 1 aromatic carbocycles. The van der Waals surface area contributed by atoms with Gasteiger partial charge in [-0.2, -0.15) is 0 Å². The van der Waals surface area contributed by atoms with Crippen molar-refractivity contribution in [3.8, 4) is 5.75 Å². The van der Waals surface area contributed by atoms with Gasteiger partial charge < -0.3 is 20.3 Å². The molecule has 2 N–H and O–H groups in total. The molecule has 26 heavy (non-hydrogen) atoms. The maximum Gasteiger partial charge on any atom is 0.191 e. The van der Waals surface area contributed by atoms with E-state index in [9.17, 15) is 0 Å². The first kappa shape index (κ1) is 23.0. The zero-order valence-corrected chi connectivity index (χ0v) is 18.8. The van der Waals surface area contributed by atoms with Crippen LogP contribution < -0.4 is 15.4 Å². The smallest absolute Gasteiger partial charge is 0.191 e. The Hall–Kier alpha value is -1.02. The predicted molar refractivity (Wildman–Crippen MR) is 121 cm³/mol. The van der Waals surface area contributed by atoms with Crippen LogP contribution in [0.2, 0.25) is 0 Å². The Bertz CT molecular complexity index is 538. The summed E-state index contributed by atoms with van der Waals surface area (Å²) in [5.74, 6) is 1.74. The molecule has 1 unspecified atom stereocenters. The second-order valence-electron chi connectivity index (χ2n) is 6.79. The van der Waals surface area contributed by atoms with E-state index >= 15 is 0 Å². The van der Waals surface area contributed by atoms with Crippen molar-refractivity contribution in [2.24, 2.45) is 4.99 Å². The molecule has 0 saturated carbocycles. The highest BCUT2D eigenvalue weighted by molar-refractivity contribution is 14.0. The number of guanidine groups is 1. The minimum absolute atomic E-state index is 0. The minimum Gasteiger partial charge on any atom is -0.497 e. The zero-order valence-electron chi connectivity index (χ0n) is 16.5. The van der Waals surface area contributed by atoms with Crippen LogP contribution in [0.15, 0.2) is 29.3 Å². The number of halogens is 1. The van der Waals surface area contributed by atoms with Crippen LogP contribution in [0.1, 0.15) is 44.6 Å². The van der Waals surface area contributed by atoms with Crippen LogP contribution >= 0.6 is 24.0 Å². The summed E-state index contributed by atoms with van der Waals surface area (Å²) >= 11 is 0. The Morgan fingerprint density at radius 2 is 2.12 bits per heavy atom. The van der Waals surface area contributed by atoms with Gasteiger partial charge in [-0.05, 0) is 63.4 Å². The van der Waals surface area contributed by atoms with Crippen molar-refractivity contribution < 1.29 is 4.74 Å². The second kappa shape index (κ2) is 13.2. The van der Waals surface area contributed by atoms with Crippen LogP contribution in [-0.2, 0) is 6.54 Å². The molecule has 0 aliphatic carbocycles.